The first-order chi connectivity index (χ1) is 10.0. The summed E-state index contributed by atoms with van der Waals surface area (Å²) >= 11 is 0. The lowest BCUT2D eigenvalue weighted by Crippen LogP contribution is -2.59. The SMILES string of the molecule is CC(NS(=O)(=O)c1cnn(C)c1)C(=O)NC(C)(CN)C(C)C.Cl. The smallest absolute Gasteiger partial charge is 0.244 e. The number of aromatic nitrogens is 2. The maximum Gasteiger partial charge on any atom is 0.244 e. The van der Waals surface area contributed by atoms with Crippen molar-refractivity contribution in [3.63, 3.8) is 0 Å². The lowest BCUT2D eigenvalue weighted by molar-refractivity contribution is -0.124. The maximum absolute atomic E-state index is 12.2. The van der Waals surface area contributed by atoms with Crippen molar-refractivity contribution in [2.75, 3.05) is 6.54 Å². The van der Waals surface area contributed by atoms with Gasteiger partial charge in [-0.25, -0.2) is 8.42 Å². The molecule has 0 fully saturated rings. The topological polar surface area (TPSA) is 119 Å². The first-order valence-corrected chi connectivity index (χ1v) is 8.53. The van der Waals surface area contributed by atoms with Gasteiger partial charge >= 0.3 is 0 Å². The fourth-order valence-corrected chi connectivity index (χ4v) is 2.90. The average Bonchev–Trinajstić information content (AvgIpc) is 2.85. The molecule has 1 aromatic rings. The van der Waals surface area contributed by atoms with E-state index >= 15 is 0 Å². The zero-order chi connectivity index (χ0) is 17.1. The number of rotatable bonds is 7. The van der Waals surface area contributed by atoms with Crippen molar-refractivity contribution < 1.29 is 13.2 Å². The Morgan fingerprint density at radius 1 is 1.43 bits per heavy atom. The predicted octanol–water partition coefficient (Wildman–Crippen LogP) is -0.00170. The van der Waals surface area contributed by atoms with Gasteiger partial charge in [-0.1, -0.05) is 13.8 Å². The van der Waals surface area contributed by atoms with Crippen molar-refractivity contribution >= 4 is 28.3 Å². The molecule has 0 saturated carbocycles. The van der Waals surface area contributed by atoms with E-state index < -0.39 is 27.5 Å². The molecule has 1 rings (SSSR count). The molecule has 0 bridgehead atoms. The van der Waals surface area contributed by atoms with Crippen LogP contribution in [-0.4, -0.2) is 42.2 Å². The lowest BCUT2D eigenvalue weighted by Gasteiger charge is -2.34. The van der Waals surface area contributed by atoms with Gasteiger partial charge in [0.2, 0.25) is 15.9 Å². The van der Waals surface area contributed by atoms with Gasteiger partial charge in [-0.15, -0.1) is 12.4 Å². The highest BCUT2D eigenvalue weighted by Crippen LogP contribution is 2.15. The largest absolute Gasteiger partial charge is 0.348 e. The number of carbonyl (C=O) groups excluding carboxylic acids is 1. The second kappa shape index (κ2) is 8.09. The fraction of sp³-hybridized carbons (Fsp3) is 0.692. The van der Waals surface area contributed by atoms with Crippen LogP contribution < -0.4 is 15.8 Å². The predicted molar refractivity (Wildman–Crippen MR) is 90.7 cm³/mol. The Balaban J connectivity index is 0.00000484. The van der Waals surface area contributed by atoms with E-state index in [9.17, 15) is 13.2 Å². The Labute approximate surface area is 143 Å². The molecule has 1 amide bonds. The van der Waals surface area contributed by atoms with Crippen LogP contribution in [0.25, 0.3) is 0 Å². The number of amides is 1. The zero-order valence-corrected chi connectivity index (χ0v) is 15.7. The Morgan fingerprint density at radius 2 is 2.00 bits per heavy atom. The number of hydrogen-bond acceptors (Lipinski definition) is 5. The summed E-state index contributed by atoms with van der Waals surface area (Å²) in [6, 6.07) is -0.921. The molecule has 0 radical (unpaired) electrons. The van der Waals surface area contributed by atoms with Crippen LogP contribution in [0.2, 0.25) is 0 Å². The normalized spacial score (nSPS) is 15.6. The van der Waals surface area contributed by atoms with E-state index in [1.807, 2.05) is 20.8 Å². The van der Waals surface area contributed by atoms with Crippen LogP contribution in [0.5, 0.6) is 0 Å². The Hall–Kier alpha value is -1.16. The lowest BCUT2D eigenvalue weighted by atomic mass is 9.88. The first kappa shape index (κ1) is 21.8. The Kier molecular flexibility index (Phi) is 7.68. The molecule has 0 aliphatic heterocycles. The van der Waals surface area contributed by atoms with Crippen molar-refractivity contribution in [3.8, 4) is 0 Å². The van der Waals surface area contributed by atoms with Crippen LogP contribution in [0, 0.1) is 5.92 Å². The van der Waals surface area contributed by atoms with Gasteiger partial charge < -0.3 is 11.1 Å². The number of nitrogens with two attached hydrogens (primary N) is 1. The van der Waals surface area contributed by atoms with Gasteiger partial charge in [-0.05, 0) is 19.8 Å². The molecular weight excluding hydrogens is 342 g/mol. The first-order valence-electron chi connectivity index (χ1n) is 7.05. The Morgan fingerprint density at radius 3 is 2.39 bits per heavy atom. The minimum Gasteiger partial charge on any atom is -0.348 e. The second-order valence-electron chi connectivity index (χ2n) is 5.96. The van der Waals surface area contributed by atoms with Gasteiger partial charge in [0.05, 0.1) is 17.8 Å². The van der Waals surface area contributed by atoms with E-state index in [1.165, 1.54) is 24.0 Å². The van der Waals surface area contributed by atoms with Crippen molar-refractivity contribution in [2.45, 2.75) is 44.2 Å². The summed E-state index contributed by atoms with van der Waals surface area (Å²) in [5.74, 6) is -0.308. The molecule has 4 N–H and O–H groups in total. The molecule has 0 aromatic carbocycles. The van der Waals surface area contributed by atoms with Crippen LogP contribution in [0.4, 0.5) is 0 Å². The molecular formula is C13H26ClN5O3S. The Bertz CT molecular complexity index is 631. The maximum atomic E-state index is 12.2. The van der Waals surface area contributed by atoms with Gasteiger partial charge in [0.1, 0.15) is 4.90 Å². The van der Waals surface area contributed by atoms with Crippen molar-refractivity contribution in [2.24, 2.45) is 18.7 Å². The van der Waals surface area contributed by atoms with Crippen LogP contribution in [0.1, 0.15) is 27.7 Å². The summed E-state index contributed by atoms with van der Waals surface area (Å²) < 4.78 is 28.0. The summed E-state index contributed by atoms with van der Waals surface area (Å²) in [7, 11) is -2.18. The number of hydrogen-bond donors (Lipinski definition) is 3. The third-order valence-electron chi connectivity index (χ3n) is 3.82. The third kappa shape index (κ3) is 5.45. The van der Waals surface area contributed by atoms with Crippen LogP contribution >= 0.6 is 12.4 Å². The highest BCUT2D eigenvalue weighted by atomic mass is 35.5. The molecule has 0 aliphatic carbocycles. The standard InChI is InChI=1S/C13H25N5O3S.ClH/c1-9(2)13(4,8-14)16-12(19)10(3)17-22(20,21)11-6-15-18(5)7-11;/h6-7,9-10,17H,8,14H2,1-5H3,(H,16,19);1H. The molecule has 8 nitrogen and oxygen atoms in total. The molecule has 23 heavy (non-hydrogen) atoms. The van der Waals surface area contributed by atoms with Crippen molar-refractivity contribution in [1.29, 1.82) is 0 Å². The number of sulfonamides is 1. The average molecular weight is 368 g/mol. The monoisotopic (exact) mass is 367 g/mol. The van der Waals surface area contributed by atoms with Crippen LogP contribution in [-0.2, 0) is 21.9 Å². The summed E-state index contributed by atoms with van der Waals surface area (Å²) in [6.45, 7) is 7.46. The van der Waals surface area contributed by atoms with E-state index in [0.29, 0.717) is 0 Å². The van der Waals surface area contributed by atoms with Crippen LogP contribution in [0.15, 0.2) is 17.3 Å². The molecule has 2 atom stereocenters. The van der Waals surface area contributed by atoms with Gasteiger partial charge in [-0.3, -0.25) is 9.48 Å². The molecule has 0 aliphatic rings. The third-order valence-corrected chi connectivity index (χ3v) is 5.32. The molecule has 10 heteroatoms. The minimum absolute atomic E-state index is 0. The van der Waals surface area contributed by atoms with E-state index in [1.54, 1.807) is 7.05 Å². The van der Waals surface area contributed by atoms with Gasteiger partial charge in [-0.2, -0.15) is 9.82 Å². The molecule has 0 spiro atoms. The molecule has 2 unspecified atom stereocenters. The van der Waals surface area contributed by atoms with Crippen molar-refractivity contribution in [3.05, 3.63) is 12.4 Å². The van der Waals surface area contributed by atoms with Gasteiger partial charge in [0.15, 0.2) is 0 Å². The highest BCUT2D eigenvalue weighted by Gasteiger charge is 2.31. The summed E-state index contributed by atoms with van der Waals surface area (Å²) in [5, 5.41) is 6.62. The quantitative estimate of drug-likeness (QED) is 0.626. The molecule has 0 saturated heterocycles. The number of halogens is 1. The highest BCUT2D eigenvalue weighted by molar-refractivity contribution is 7.89. The number of nitrogens with zero attached hydrogens (tertiary/aromatic N) is 2. The zero-order valence-electron chi connectivity index (χ0n) is 14.0. The minimum atomic E-state index is -3.79. The summed E-state index contributed by atoms with van der Waals surface area (Å²) in [6.07, 6.45) is 2.59. The van der Waals surface area contributed by atoms with Crippen molar-refractivity contribution in [1.82, 2.24) is 19.8 Å². The van der Waals surface area contributed by atoms with Crippen LogP contribution in [0.3, 0.4) is 0 Å². The summed E-state index contributed by atoms with van der Waals surface area (Å²) in [5.41, 5.74) is 5.12. The number of carbonyl (C=O) groups is 1. The molecule has 1 heterocycles. The van der Waals surface area contributed by atoms with E-state index in [2.05, 4.69) is 15.1 Å². The van der Waals surface area contributed by atoms with E-state index in [4.69, 9.17) is 5.73 Å². The molecule has 134 valence electrons. The van der Waals surface area contributed by atoms with E-state index in [0.717, 1.165) is 0 Å². The van der Waals surface area contributed by atoms with Gasteiger partial charge in [0, 0.05) is 19.8 Å². The van der Waals surface area contributed by atoms with E-state index in [-0.39, 0.29) is 29.8 Å². The number of aryl methyl sites for hydroxylation is 1. The van der Waals surface area contributed by atoms with Gasteiger partial charge in [0.25, 0.3) is 0 Å². The number of nitrogens with one attached hydrogen (secondary N) is 2. The second-order valence-corrected chi connectivity index (χ2v) is 7.67. The fourth-order valence-electron chi connectivity index (χ4n) is 1.71. The molecule has 1 aromatic heterocycles. The summed E-state index contributed by atoms with van der Waals surface area (Å²) in [4.78, 5) is 12.2.